The highest BCUT2D eigenvalue weighted by molar-refractivity contribution is 6.24. The largest absolute Gasteiger partial charge is 0.456 e. The van der Waals surface area contributed by atoms with E-state index in [1.165, 1.54) is 0 Å². The average Bonchev–Trinajstić information content (AvgIpc) is 3.66. The van der Waals surface area contributed by atoms with E-state index in [-0.39, 0.29) is 40.5 Å². The predicted octanol–water partition coefficient (Wildman–Crippen LogP) is 14.9. The zero-order valence-electron chi connectivity index (χ0n) is 34.4. The van der Waals surface area contributed by atoms with Crippen LogP contribution >= 0.6 is 0 Å². The van der Waals surface area contributed by atoms with E-state index in [4.69, 9.17) is 7.16 Å². The van der Waals surface area contributed by atoms with Crippen LogP contribution in [0.5, 0.6) is 0 Å². The maximum Gasteiger partial charge on any atom is 0.136 e. The van der Waals surface area contributed by atoms with Gasteiger partial charge in [0.15, 0.2) is 0 Å². The van der Waals surface area contributed by atoms with Gasteiger partial charge in [-0.25, -0.2) is 0 Å². The van der Waals surface area contributed by atoms with Crippen LogP contribution in [-0.4, -0.2) is 0 Å². The summed E-state index contributed by atoms with van der Waals surface area (Å²) in [4.78, 5) is 0. The zero-order chi connectivity index (χ0) is 40.1. The summed E-state index contributed by atoms with van der Waals surface area (Å²) in [5.41, 5.74) is 7.22. The number of benzene rings is 10. The molecule has 11 aromatic rings. The molecule has 10 aromatic carbocycles. The highest BCUT2D eigenvalue weighted by Crippen LogP contribution is 2.47. The van der Waals surface area contributed by atoms with Crippen molar-refractivity contribution in [3.05, 3.63) is 194 Å². The first kappa shape index (κ1) is 24.3. The van der Waals surface area contributed by atoms with Gasteiger partial charge in [-0.15, -0.1) is 0 Å². The highest BCUT2D eigenvalue weighted by atomic mass is 16.3. The Balaban J connectivity index is 1.24. The van der Waals surface area contributed by atoms with Gasteiger partial charge in [0.05, 0.1) is 8.22 Å². The summed E-state index contributed by atoms with van der Waals surface area (Å²) >= 11 is 0. The molecular formula is C52H32O. The van der Waals surface area contributed by atoms with Crippen molar-refractivity contribution in [1.29, 1.82) is 0 Å². The fraction of sp³-hybridized carbons (Fsp3) is 0. The van der Waals surface area contributed by atoms with Gasteiger partial charge in [-0.1, -0.05) is 170 Å². The minimum absolute atomic E-state index is 0.116. The second-order valence-corrected chi connectivity index (χ2v) is 13.5. The van der Waals surface area contributed by atoms with E-state index < -0.39 is 12.1 Å². The number of hydrogen-bond donors (Lipinski definition) is 0. The van der Waals surface area contributed by atoms with Gasteiger partial charge >= 0.3 is 0 Å². The summed E-state index contributed by atoms with van der Waals surface area (Å²) in [5, 5.41) is 7.91. The monoisotopic (exact) mass is 678 g/mol. The lowest BCUT2D eigenvalue weighted by molar-refractivity contribution is 0.669. The summed E-state index contributed by atoms with van der Waals surface area (Å²) in [5.74, 6) is 0. The minimum atomic E-state index is -0.394. The summed E-state index contributed by atoms with van der Waals surface area (Å²) in [7, 11) is 0. The quantitative estimate of drug-likeness (QED) is 0.169. The topological polar surface area (TPSA) is 13.1 Å². The summed E-state index contributed by atoms with van der Waals surface area (Å²) in [6.45, 7) is 0. The smallest absolute Gasteiger partial charge is 0.136 e. The third-order valence-corrected chi connectivity index (χ3v) is 10.6. The molecule has 246 valence electrons. The highest BCUT2D eigenvalue weighted by Gasteiger charge is 2.20. The predicted molar refractivity (Wildman–Crippen MR) is 225 cm³/mol. The molecule has 0 saturated heterocycles. The van der Waals surface area contributed by atoms with Crippen molar-refractivity contribution >= 4 is 65.0 Å². The van der Waals surface area contributed by atoms with E-state index in [0.717, 1.165) is 65.3 Å². The van der Waals surface area contributed by atoms with Gasteiger partial charge in [0, 0.05) is 10.8 Å². The van der Waals surface area contributed by atoms with Crippen LogP contribution in [0.15, 0.2) is 198 Å². The van der Waals surface area contributed by atoms with Gasteiger partial charge in [-0.05, 0) is 112 Å². The molecule has 0 fully saturated rings. The van der Waals surface area contributed by atoms with Crippen LogP contribution in [0.2, 0.25) is 0 Å². The first-order valence-electron chi connectivity index (χ1n) is 20.8. The molecule has 0 amide bonds. The lowest BCUT2D eigenvalue weighted by Crippen LogP contribution is -1.92. The molecule has 0 aliphatic heterocycles. The number of fused-ring (bicyclic) bond motifs is 7. The third-order valence-electron chi connectivity index (χ3n) is 10.6. The summed E-state index contributed by atoms with van der Waals surface area (Å²) in [6.07, 6.45) is 0. The van der Waals surface area contributed by atoms with E-state index >= 15 is 0 Å². The van der Waals surface area contributed by atoms with Crippen molar-refractivity contribution < 1.29 is 12.6 Å². The van der Waals surface area contributed by atoms with Gasteiger partial charge in [-0.2, -0.15) is 0 Å². The molecule has 0 saturated carbocycles. The normalized spacial score (nSPS) is 13.4. The zero-order valence-corrected chi connectivity index (χ0v) is 28.4. The third kappa shape index (κ3) is 4.64. The van der Waals surface area contributed by atoms with Crippen molar-refractivity contribution in [2.24, 2.45) is 0 Å². The van der Waals surface area contributed by atoms with E-state index in [1.54, 1.807) is 0 Å². The number of furan rings is 1. The molecule has 1 nitrogen and oxygen atoms in total. The van der Waals surface area contributed by atoms with Crippen LogP contribution in [0.3, 0.4) is 0 Å². The molecule has 1 heterocycles. The van der Waals surface area contributed by atoms with Crippen molar-refractivity contribution in [3.63, 3.8) is 0 Å². The summed E-state index contributed by atoms with van der Waals surface area (Å²) in [6, 6.07) is 50.9. The van der Waals surface area contributed by atoms with Crippen LogP contribution in [0.25, 0.3) is 110 Å². The van der Waals surface area contributed by atoms with Crippen LogP contribution in [-0.2, 0) is 0 Å². The maximum atomic E-state index is 9.88. The van der Waals surface area contributed by atoms with Gasteiger partial charge in [0.25, 0.3) is 0 Å². The van der Waals surface area contributed by atoms with Gasteiger partial charge < -0.3 is 4.42 Å². The lowest BCUT2D eigenvalue weighted by Gasteiger charge is -2.19. The SMILES string of the molecule is [2H]c1c([2H])c([2H])c2c(-c3c4ccccc4c(-c4ccccc4)c4ccccc34)c([2H])c([2H])c(-c3ccc4oc5cccc(-c6ccc7ccccc7c6)c5c4c3)c2c1[2H]. The van der Waals surface area contributed by atoms with Crippen LogP contribution in [0, 0.1) is 0 Å². The molecule has 0 aliphatic carbocycles. The average molecular weight is 679 g/mol. The Morgan fingerprint density at radius 1 is 0.340 bits per heavy atom. The molecular weight excluding hydrogens is 641 g/mol. The molecule has 0 spiro atoms. The lowest BCUT2D eigenvalue weighted by atomic mass is 9.84. The first-order chi connectivity index (χ1) is 28.8. The van der Waals surface area contributed by atoms with Crippen molar-refractivity contribution in [1.82, 2.24) is 0 Å². The van der Waals surface area contributed by atoms with E-state index in [2.05, 4.69) is 60.7 Å². The van der Waals surface area contributed by atoms with E-state index in [0.29, 0.717) is 27.9 Å². The van der Waals surface area contributed by atoms with Crippen molar-refractivity contribution in [2.75, 3.05) is 0 Å². The van der Waals surface area contributed by atoms with Gasteiger partial charge in [0.2, 0.25) is 0 Å². The number of hydrogen-bond acceptors (Lipinski definition) is 1. The van der Waals surface area contributed by atoms with Crippen LogP contribution in [0.1, 0.15) is 8.22 Å². The Morgan fingerprint density at radius 2 is 0.943 bits per heavy atom. The summed E-state index contributed by atoms with van der Waals surface area (Å²) < 4.78 is 62.8. The fourth-order valence-corrected chi connectivity index (χ4v) is 8.23. The standard InChI is InChI=1S/C52H32O/c1-2-14-34(15-3-1)50-42-19-8-10-21-44(42)51(45-22-11-9-20-43(45)50)46-29-28-38(40-17-6-7-18-41(40)46)37-27-30-48-47(32-37)52-39(23-12-24-49(52)53-48)36-26-25-33-13-4-5-16-35(33)31-36/h1-32H/i6D,7D,17D,18D,28D,29D. The molecule has 1 heteroatoms. The van der Waals surface area contributed by atoms with Crippen molar-refractivity contribution in [3.8, 4) is 44.5 Å². The Bertz CT molecular complexity index is 3510. The second-order valence-electron chi connectivity index (χ2n) is 13.5. The Morgan fingerprint density at radius 3 is 1.70 bits per heavy atom. The second kappa shape index (κ2) is 11.8. The molecule has 0 N–H and O–H groups in total. The Kier molecular flexibility index (Phi) is 5.40. The van der Waals surface area contributed by atoms with E-state index in [1.807, 2.05) is 97.1 Å². The maximum absolute atomic E-state index is 9.88. The minimum Gasteiger partial charge on any atom is -0.456 e. The van der Waals surface area contributed by atoms with Gasteiger partial charge in [-0.3, -0.25) is 0 Å². The molecule has 0 radical (unpaired) electrons. The molecule has 0 bridgehead atoms. The molecule has 0 aliphatic rings. The van der Waals surface area contributed by atoms with E-state index in [9.17, 15) is 5.48 Å². The first-order valence-corrected chi connectivity index (χ1v) is 17.8. The fourth-order valence-electron chi connectivity index (χ4n) is 8.23. The Labute approximate surface area is 315 Å². The molecule has 0 unspecified atom stereocenters. The van der Waals surface area contributed by atoms with Crippen molar-refractivity contribution in [2.45, 2.75) is 0 Å². The van der Waals surface area contributed by atoms with Crippen LogP contribution in [0.4, 0.5) is 0 Å². The van der Waals surface area contributed by atoms with Gasteiger partial charge in [0.1, 0.15) is 11.2 Å². The molecule has 0 atom stereocenters. The number of rotatable bonds is 4. The molecule has 1 aromatic heterocycles. The Hall–Kier alpha value is -6.96. The van der Waals surface area contributed by atoms with Crippen LogP contribution < -0.4 is 0 Å². The molecule has 11 rings (SSSR count). The molecule has 53 heavy (non-hydrogen) atoms.